The molecule has 3 rings (SSSR count). The Morgan fingerprint density at radius 2 is 2.00 bits per heavy atom. The maximum Gasteiger partial charge on any atom is 0.0922 e. The monoisotopic (exact) mass is 278 g/mol. The summed E-state index contributed by atoms with van der Waals surface area (Å²) < 4.78 is 0. The van der Waals surface area contributed by atoms with Gasteiger partial charge in [-0.3, -0.25) is 0 Å². The van der Waals surface area contributed by atoms with Gasteiger partial charge in [-0.25, -0.2) is 0 Å². The van der Waals surface area contributed by atoms with Gasteiger partial charge in [0.25, 0.3) is 0 Å². The van der Waals surface area contributed by atoms with Gasteiger partial charge in [-0.15, -0.1) is 11.3 Å². The zero-order valence-corrected chi connectivity index (χ0v) is 11.6. The van der Waals surface area contributed by atoms with Crippen molar-refractivity contribution in [1.29, 1.82) is 0 Å². The highest BCUT2D eigenvalue weighted by Crippen LogP contribution is 2.34. The number of halogens is 1. The molecule has 1 atom stereocenters. The number of aliphatic hydroxyl groups excluding tert-OH is 1. The van der Waals surface area contributed by atoms with Crippen molar-refractivity contribution < 1.29 is 5.11 Å². The van der Waals surface area contributed by atoms with Crippen molar-refractivity contribution in [1.82, 2.24) is 0 Å². The lowest BCUT2D eigenvalue weighted by Crippen LogP contribution is -1.99. The minimum Gasteiger partial charge on any atom is -0.387 e. The van der Waals surface area contributed by atoms with Gasteiger partial charge in [-0.2, -0.15) is 0 Å². The lowest BCUT2D eigenvalue weighted by atomic mass is 10.1. The molecule has 1 heterocycles. The van der Waals surface area contributed by atoms with E-state index in [-0.39, 0.29) is 6.10 Å². The van der Waals surface area contributed by atoms with Crippen LogP contribution in [0.15, 0.2) is 30.3 Å². The van der Waals surface area contributed by atoms with E-state index in [1.807, 2.05) is 24.3 Å². The van der Waals surface area contributed by atoms with Crippen LogP contribution in [-0.2, 0) is 19.3 Å². The second-order valence-electron chi connectivity index (χ2n) is 4.80. The minimum absolute atomic E-state index is 0.387. The van der Waals surface area contributed by atoms with Crippen molar-refractivity contribution in [3.63, 3.8) is 0 Å². The van der Waals surface area contributed by atoms with Crippen LogP contribution in [0.4, 0.5) is 0 Å². The third-order valence-corrected chi connectivity index (χ3v) is 5.03. The summed E-state index contributed by atoms with van der Waals surface area (Å²) in [5, 5.41) is 11.0. The van der Waals surface area contributed by atoms with E-state index in [1.165, 1.54) is 29.7 Å². The third-order valence-electron chi connectivity index (χ3n) is 3.44. The van der Waals surface area contributed by atoms with E-state index in [1.54, 1.807) is 11.3 Å². The average molecular weight is 279 g/mol. The van der Waals surface area contributed by atoms with Gasteiger partial charge in [0.1, 0.15) is 0 Å². The van der Waals surface area contributed by atoms with Crippen LogP contribution in [0.1, 0.15) is 33.4 Å². The number of fused-ring (bicyclic) bond motifs is 1. The van der Waals surface area contributed by atoms with Gasteiger partial charge in [0.05, 0.1) is 6.10 Å². The predicted molar refractivity (Wildman–Crippen MR) is 76.5 cm³/mol. The summed E-state index contributed by atoms with van der Waals surface area (Å²) in [5.74, 6) is 0. The van der Waals surface area contributed by atoms with Gasteiger partial charge in [0.2, 0.25) is 0 Å². The smallest absolute Gasteiger partial charge is 0.0922 e. The lowest BCUT2D eigenvalue weighted by molar-refractivity contribution is 0.182. The number of benzene rings is 1. The Labute approximate surface area is 116 Å². The summed E-state index contributed by atoms with van der Waals surface area (Å²) in [6.07, 6.45) is 3.92. The summed E-state index contributed by atoms with van der Waals surface area (Å²) in [6, 6.07) is 9.89. The second-order valence-corrected chi connectivity index (χ2v) is 6.40. The lowest BCUT2D eigenvalue weighted by Gasteiger charge is -2.08. The molecule has 0 bridgehead atoms. The molecule has 1 nitrogen and oxygen atoms in total. The normalized spacial score (nSPS) is 15.7. The molecule has 1 aromatic heterocycles. The van der Waals surface area contributed by atoms with Gasteiger partial charge in [0, 0.05) is 21.2 Å². The average Bonchev–Trinajstić information content (AvgIpc) is 2.92. The fraction of sp³-hybridized carbons (Fsp3) is 0.333. The largest absolute Gasteiger partial charge is 0.387 e. The van der Waals surface area contributed by atoms with Crippen molar-refractivity contribution in [2.24, 2.45) is 0 Å². The molecule has 1 aliphatic rings. The zero-order chi connectivity index (χ0) is 12.5. The summed E-state index contributed by atoms with van der Waals surface area (Å²) >= 11 is 7.63. The van der Waals surface area contributed by atoms with Gasteiger partial charge in [-0.05, 0) is 48.6 Å². The quantitative estimate of drug-likeness (QED) is 0.894. The molecule has 0 spiro atoms. The highest BCUT2D eigenvalue weighted by molar-refractivity contribution is 7.12. The van der Waals surface area contributed by atoms with Crippen molar-refractivity contribution >= 4 is 22.9 Å². The molecule has 1 N–H and O–H groups in total. The molecule has 0 saturated heterocycles. The zero-order valence-electron chi connectivity index (χ0n) is 10.0. The molecule has 0 amide bonds. The van der Waals surface area contributed by atoms with E-state index in [4.69, 9.17) is 11.6 Å². The molecule has 3 heteroatoms. The van der Waals surface area contributed by atoms with Crippen LogP contribution >= 0.6 is 22.9 Å². The Hall–Kier alpha value is -0.830. The maximum atomic E-state index is 10.3. The van der Waals surface area contributed by atoms with Crippen molar-refractivity contribution in [2.75, 3.05) is 0 Å². The number of aliphatic hydroxyl groups is 1. The van der Waals surface area contributed by atoms with Crippen LogP contribution in [0.25, 0.3) is 0 Å². The second kappa shape index (κ2) is 5.04. The first kappa shape index (κ1) is 12.2. The summed E-state index contributed by atoms with van der Waals surface area (Å²) in [6.45, 7) is 0. The first-order valence-corrected chi connectivity index (χ1v) is 7.46. The highest BCUT2D eigenvalue weighted by atomic mass is 35.5. The van der Waals surface area contributed by atoms with Crippen molar-refractivity contribution in [3.05, 3.63) is 56.2 Å². The summed E-state index contributed by atoms with van der Waals surface area (Å²) in [5.41, 5.74) is 2.57. The van der Waals surface area contributed by atoms with Crippen LogP contribution in [0, 0.1) is 0 Å². The fourth-order valence-electron chi connectivity index (χ4n) is 2.46. The Balaban J connectivity index is 1.74. The standard InChI is InChI=1S/C15H15ClOS/c16-12-6-4-10(5-7-12)8-13(17)15-9-11-2-1-3-14(11)18-15/h4-7,9,13,17H,1-3,8H2. The highest BCUT2D eigenvalue weighted by Gasteiger charge is 2.18. The fourth-order valence-corrected chi connectivity index (χ4v) is 3.83. The molecule has 0 aliphatic heterocycles. The molecule has 1 aromatic carbocycles. The van der Waals surface area contributed by atoms with E-state index in [0.717, 1.165) is 15.5 Å². The number of thiophene rings is 1. The number of hydrogen-bond donors (Lipinski definition) is 1. The summed E-state index contributed by atoms with van der Waals surface area (Å²) in [7, 11) is 0. The minimum atomic E-state index is -0.387. The Bertz CT molecular complexity index is 523. The number of hydrogen-bond acceptors (Lipinski definition) is 2. The molecule has 0 fully saturated rings. The van der Waals surface area contributed by atoms with Crippen molar-refractivity contribution in [3.8, 4) is 0 Å². The molecule has 0 saturated carbocycles. The van der Waals surface area contributed by atoms with E-state index < -0.39 is 0 Å². The van der Waals surface area contributed by atoms with Gasteiger partial charge in [0.15, 0.2) is 0 Å². The first-order chi connectivity index (χ1) is 8.72. The summed E-state index contributed by atoms with van der Waals surface area (Å²) in [4.78, 5) is 2.58. The Morgan fingerprint density at radius 3 is 2.72 bits per heavy atom. The van der Waals surface area contributed by atoms with Crippen LogP contribution in [0.5, 0.6) is 0 Å². The van der Waals surface area contributed by atoms with Crippen molar-refractivity contribution in [2.45, 2.75) is 31.8 Å². The molecular formula is C15H15ClOS. The van der Waals surface area contributed by atoms with Gasteiger partial charge in [-0.1, -0.05) is 23.7 Å². The van der Waals surface area contributed by atoms with E-state index >= 15 is 0 Å². The molecular weight excluding hydrogens is 264 g/mol. The van der Waals surface area contributed by atoms with Gasteiger partial charge < -0.3 is 5.11 Å². The molecule has 1 unspecified atom stereocenters. The van der Waals surface area contributed by atoms with Crippen LogP contribution in [0.2, 0.25) is 5.02 Å². The Morgan fingerprint density at radius 1 is 1.22 bits per heavy atom. The molecule has 0 radical (unpaired) electrons. The Kier molecular flexibility index (Phi) is 3.42. The number of rotatable bonds is 3. The van der Waals surface area contributed by atoms with Crippen LogP contribution in [0.3, 0.4) is 0 Å². The van der Waals surface area contributed by atoms with Gasteiger partial charge >= 0.3 is 0 Å². The molecule has 18 heavy (non-hydrogen) atoms. The maximum absolute atomic E-state index is 10.3. The van der Waals surface area contributed by atoms with E-state index in [9.17, 15) is 5.11 Å². The molecule has 2 aromatic rings. The van der Waals surface area contributed by atoms with E-state index in [2.05, 4.69) is 6.07 Å². The van der Waals surface area contributed by atoms with Crippen LogP contribution < -0.4 is 0 Å². The van der Waals surface area contributed by atoms with Crippen LogP contribution in [-0.4, -0.2) is 5.11 Å². The molecule has 94 valence electrons. The predicted octanol–water partition coefficient (Wildman–Crippen LogP) is 4.17. The topological polar surface area (TPSA) is 20.2 Å². The van der Waals surface area contributed by atoms with E-state index in [0.29, 0.717) is 6.42 Å². The first-order valence-electron chi connectivity index (χ1n) is 6.26. The SMILES string of the molecule is OC(Cc1ccc(Cl)cc1)c1cc2c(s1)CCC2. The molecule has 1 aliphatic carbocycles. The third kappa shape index (κ3) is 2.46. The number of aryl methyl sites for hydroxylation is 2.